The molecule has 100 valence electrons. The zero-order valence-electron chi connectivity index (χ0n) is 10.4. The lowest BCUT2D eigenvalue weighted by molar-refractivity contribution is -0.141. The van der Waals surface area contributed by atoms with Crippen LogP contribution in [0.5, 0.6) is 0 Å². The molecule has 0 saturated carbocycles. The summed E-state index contributed by atoms with van der Waals surface area (Å²) in [6, 6.07) is 9.02. The number of methoxy groups -OCH3 is 1. The van der Waals surface area contributed by atoms with E-state index in [1.165, 1.54) is 12.0 Å². The van der Waals surface area contributed by atoms with Crippen LogP contribution < -0.4 is 4.90 Å². The first-order valence-corrected chi connectivity index (χ1v) is 6.37. The molecule has 1 amide bonds. The standard InChI is InChI=1S/C13H13BrN2O3/c1-19-13(18)6-5-12(17)16(8-7-15)11-4-2-3-10(14)9-11/h2-4,9H,5-6,8H2,1H3. The minimum atomic E-state index is -0.445. The first-order chi connectivity index (χ1) is 9.08. The minimum Gasteiger partial charge on any atom is -0.469 e. The number of halogens is 1. The molecule has 0 radical (unpaired) electrons. The van der Waals surface area contributed by atoms with Gasteiger partial charge in [-0.05, 0) is 18.2 Å². The molecular formula is C13H13BrN2O3. The quantitative estimate of drug-likeness (QED) is 0.615. The molecule has 1 aromatic rings. The number of carbonyl (C=O) groups excluding carboxylic acids is 2. The lowest BCUT2D eigenvalue weighted by Gasteiger charge is -2.19. The summed E-state index contributed by atoms with van der Waals surface area (Å²) < 4.78 is 5.30. The molecule has 0 bridgehead atoms. The van der Waals surface area contributed by atoms with Crippen LogP contribution in [0.4, 0.5) is 5.69 Å². The molecule has 19 heavy (non-hydrogen) atoms. The van der Waals surface area contributed by atoms with Crippen LogP contribution in [0.3, 0.4) is 0 Å². The van der Waals surface area contributed by atoms with Crippen LogP contribution in [0.15, 0.2) is 28.7 Å². The maximum absolute atomic E-state index is 12.0. The molecule has 5 nitrogen and oxygen atoms in total. The van der Waals surface area contributed by atoms with Crippen LogP contribution in [-0.4, -0.2) is 25.5 Å². The van der Waals surface area contributed by atoms with Gasteiger partial charge in [-0.15, -0.1) is 0 Å². The summed E-state index contributed by atoms with van der Waals surface area (Å²) in [7, 11) is 1.27. The van der Waals surface area contributed by atoms with E-state index in [0.29, 0.717) is 5.69 Å². The second-order valence-electron chi connectivity index (χ2n) is 3.69. The number of carbonyl (C=O) groups is 2. The number of nitriles is 1. The number of rotatable bonds is 5. The molecule has 1 aromatic carbocycles. The van der Waals surface area contributed by atoms with Crippen molar-refractivity contribution in [3.05, 3.63) is 28.7 Å². The van der Waals surface area contributed by atoms with Crippen molar-refractivity contribution < 1.29 is 14.3 Å². The number of ether oxygens (including phenoxy) is 1. The van der Waals surface area contributed by atoms with Crippen LogP contribution in [0, 0.1) is 11.3 Å². The lowest BCUT2D eigenvalue weighted by Crippen LogP contribution is -2.31. The molecule has 6 heteroatoms. The fourth-order valence-electron chi connectivity index (χ4n) is 1.48. The van der Waals surface area contributed by atoms with Gasteiger partial charge in [-0.1, -0.05) is 22.0 Å². The van der Waals surface area contributed by atoms with Gasteiger partial charge in [0.2, 0.25) is 5.91 Å². The fourth-order valence-corrected chi connectivity index (χ4v) is 1.87. The van der Waals surface area contributed by atoms with Gasteiger partial charge in [-0.25, -0.2) is 0 Å². The molecule has 0 fully saturated rings. The number of hydrogen-bond acceptors (Lipinski definition) is 4. The smallest absolute Gasteiger partial charge is 0.306 e. The van der Waals surface area contributed by atoms with E-state index >= 15 is 0 Å². The average molecular weight is 325 g/mol. The highest BCUT2D eigenvalue weighted by atomic mass is 79.9. The topological polar surface area (TPSA) is 70.4 Å². The molecule has 1 rings (SSSR count). The van der Waals surface area contributed by atoms with Crippen molar-refractivity contribution in [2.24, 2.45) is 0 Å². The monoisotopic (exact) mass is 324 g/mol. The Kier molecular flexibility index (Phi) is 6.03. The van der Waals surface area contributed by atoms with E-state index in [4.69, 9.17) is 5.26 Å². The molecule has 0 spiro atoms. The van der Waals surface area contributed by atoms with Gasteiger partial charge in [0.05, 0.1) is 19.6 Å². The Morgan fingerprint density at radius 2 is 2.16 bits per heavy atom. The highest BCUT2D eigenvalue weighted by Crippen LogP contribution is 2.20. The minimum absolute atomic E-state index is 0.00522. The summed E-state index contributed by atoms with van der Waals surface area (Å²) in [4.78, 5) is 24.4. The lowest BCUT2D eigenvalue weighted by atomic mass is 10.2. The van der Waals surface area contributed by atoms with Crippen LogP contribution in [0.2, 0.25) is 0 Å². The number of anilines is 1. The molecular weight excluding hydrogens is 312 g/mol. The van der Waals surface area contributed by atoms with E-state index in [0.717, 1.165) is 4.47 Å². The van der Waals surface area contributed by atoms with Crippen molar-refractivity contribution in [1.82, 2.24) is 0 Å². The molecule has 0 aromatic heterocycles. The average Bonchev–Trinajstić information content (AvgIpc) is 2.41. The zero-order chi connectivity index (χ0) is 14.3. The number of nitrogens with zero attached hydrogens (tertiary/aromatic N) is 2. The van der Waals surface area contributed by atoms with Gasteiger partial charge in [0, 0.05) is 16.6 Å². The summed E-state index contributed by atoms with van der Waals surface area (Å²) >= 11 is 3.31. The van der Waals surface area contributed by atoms with Gasteiger partial charge in [0.25, 0.3) is 0 Å². The fraction of sp³-hybridized carbons (Fsp3) is 0.308. The Balaban J connectivity index is 2.80. The third-order valence-corrected chi connectivity index (χ3v) is 2.91. The number of benzene rings is 1. The van der Waals surface area contributed by atoms with E-state index in [1.54, 1.807) is 18.2 Å². The largest absolute Gasteiger partial charge is 0.469 e. The SMILES string of the molecule is COC(=O)CCC(=O)N(CC#N)c1cccc(Br)c1. The van der Waals surface area contributed by atoms with Crippen molar-refractivity contribution in [2.45, 2.75) is 12.8 Å². The van der Waals surface area contributed by atoms with Crippen LogP contribution >= 0.6 is 15.9 Å². The van der Waals surface area contributed by atoms with Gasteiger partial charge in [0.15, 0.2) is 0 Å². The summed E-state index contributed by atoms with van der Waals surface area (Å²) in [6.07, 6.45) is 0.0200. The second kappa shape index (κ2) is 7.54. The van der Waals surface area contributed by atoms with E-state index < -0.39 is 5.97 Å². The van der Waals surface area contributed by atoms with Gasteiger partial charge < -0.3 is 4.74 Å². The van der Waals surface area contributed by atoms with Crippen molar-refractivity contribution in [3.8, 4) is 6.07 Å². The number of hydrogen-bond donors (Lipinski definition) is 0. The third-order valence-electron chi connectivity index (χ3n) is 2.42. The summed E-state index contributed by atoms with van der Waals surface area (Å²) in [5.41, 5.74) is 0.616. The highest BCUT2D eigenvalue weighted by molar-refractivity contribution is 9.10. The van der Waals surface area contributed by atoms with Crippen molar-refractivity contribution in [1.29, 1.82) is 5.26 Å². The van der Waals surface area contributed by atoms with Crippen molar-refractivity contribution in [3.63, 3.8) is 0 Å². The Morgan fingerprint density at radius 1 is 1.42 bits per heavy atom. The Bertz CT molecular complexity index is 511. The summed E-state index contributed by atoms with van der Waals surface area (Å²) in [5, 5.41) is 8.79. The predicted molar refractivity (Wildman–Crippen MR) is 73.4 cm³/mol. The molecule has 0 aliphatic heterocycles. The highest BCUT2D eigenvalue weighted by Gasteiger charge is 2.17. The normalized spacial score (nSPS) is 9.53. The van der Waals surface area contributed by atoms with Gasteiger partial charge >= 0.3 is 5.97 Å². The van der Waals surface area contributed by atoms with Crippen LogP contribution in [-0.2, 0) is 14.3 Å². The van der Waals surface area contributed by atoms with E-state index in [1.807, 2.05) is 12.1 Å². The predicted octanol–water partition coefficient (Wildman–Crippen LogP) is 2.26. The van der Waals surface area contributed by atoms with E-state index in [-0.39, 0.29) is 25.3 Å². The Labute approximate surface area is 119 Å². The van der Waals surface area contributed by atoms with Gasteiger partial charge in [0.1, 0.15) is 6.54 Å². The van der Waals surface area contributed by atoms with Gasteiger partial charge in [-0.2, -0.15) is 5.26 Å². The third kappa shape index (κ3) is 4.72. The Morgan fingerprint density at radius 3 is 2.74 bits per heavy atom. The van der Waals surface area contributed by atoms with Crippen LogP contribution in [0.25, 0.3) is 0 Å². The molecule has 0 aliphatic rings. The van der Waals surface area contributed by atoms with E-state index in [9.17, 15) is 9.59 Å². The van der Waals surface area contributed by atoms with Crippen molar-refractivity contribution >= 4 is 33.5 Å². The molecule has 0 aliphatic carbocycles. The molecule has 0 heterocycles. The second-order valence-corrected chi connectivity index (χ2v) is 4.61. The first-order valence-electron chi connectivity index (χ1n) is 5.58. The molecule has 0 saturated heterocycles. The molecule has 0 atom stereocenters. The van der Waals surface area contributed by atoms with E-state index in [2.05, 4.69) is 20.7 Å². The summed E-state index contributed by atoms with van der Waals surface area (Å²) in [5.74, 6) is -0.732. The van der Waals surface area contributed by atoms with Crippen molar-refractivity contribution in [2.75, 3.05) is 18.6 Å². The number of amides is 1. The maximum Gasteiger partial charge on any atom is 0.306 e. The Hall–Kier alpha value is -1.87. The number of esters is 1. The van der Waals surface area contributed by atoms with Crippen LogP contribution in [0.1, 0.15) is 12.8 Å². The molecule has 0 unspecified atom stereocenters. The van der Waals surface area contributed by atoms with Gasteiger partial charge in [-0.3, -0.25) is 14.5 Å². The summed E-state index contributed by atoms with van der Waals surface area (Å²) in [6.45, 7) is -0.0591. The first kappa shape index (κ1) is 15.2. The maximum atomic E-state index is 12.0. The zero-order valence-corrected chi connectivity index (χ0v) is 12.0. The molecule has 0 N–H and O–H groups in total.